The molecule has 0 amide bonds. The van der Waals surface area contributed by atoms with Gasteiger partial charge in [0.25, 0.3) is 0 Å². The summed E-state index contributed by atoms with van der Waals surface area (Å²) in [5.74, 6) is 0. The lowest BCUT2D eigenvalue weighted by atomic mass is 9.69. The summed E-state index contributed by atoms with van der Waals surface area (Å²) in [7, 11) is 2.09. The number of nitrogens with one attached hydrogen (secondary N) is 1. The Bertz CT molecular complexity index is 363. The molecule has 2 rings (SSSR count). The van der Waals surface area contributed by atoms with E-state index in [1.54, 1.807) is 9.75 Å². The molecule has 0 radical (unpaired) electrons. The van der Waals surface area contributed by atoms with Crippen molar-refractivity contribution in [2.75, 3.05) is 13.6 Å². The average molecular weight is 279 g/mol. The second kappa shape index (κ2) is 7.44. The van der Waals surface area contributed by atoms with Gasteiger partial charge in [-0.25, -0.2) is 0 Å². The lowest BCUT2D eigenvalue weighted by molar-refractivity contribution is 0.158. The molecule has 1 nitrogen and oxygen atoms in total. The van der Waals surface area contributed by atoms with E-state index >= 15 is 0 Å². The van der Waals surface area contributed by atoms with E-state index in [9.17, 15) is 0 Å². The predicted octanol–water partition coefficient (Wildman–Crippen LogP) is 4.80. The van der Waals surface area contributed by atoms with Crippen molar-refractivity contribution >= 4 is 11.3 Å². The number of hydrogen-bond donors (Lipinski definition) is 1. The summed E-state index contributed by atoms with van der Waals surface area (Å²) in [4.78, 5) is 3.15. The maximum absolute atomic E-state index is 3.35. The highest BCUT2D eigenvalue weighted by atomic mass is 32.1. The van der Waals surface area contributed by atoms with Crippen LogP contribution in [0.1, 0.15) is 61.6 Å². The van der Waals surface area contributed by atoms with Crippen LogP contribution in [-0.2, 0) is 12.8 Å². The quantitative estimate of drug-likeness (QED) is 0.755. The lowest BCUT2D eigenvalue weighted by Crippen LogP contribution is -2.28. The highest BCUT2D eigenvalue weighted by Gasteiger charge is 2.30. The van der Waals surface area contributed by atoms with Crippen LogP contribution >= 0.6 is 11.3 Å². The molecule has 2 heteroatoms. The van der Waals surface area contributed by atoms with Crippen molar-refractivity contribution in [3.63, 3.8) is 0 Å². The van der Waals surface area contributed by atoms with Crippen LogP contribution in [0.25, 0.3) is 0 Å². The van der Waals surface area contributed by atoms with Crippen molar-refractivity contribution in [3.05, 3.63) is 21.9 Å². The monoisotopic (exact) mass is 279 g/mol. The largest absolute Gasteiger partial charge is 0.320 e. The van der Waals surface area contributed by atoms with E-state index < -0.39 is 0 Å². The van der Waals surface area contributed by atoms with Gasteiger partial charge < -0.3 is 5.32 Å². The van der Waals surface area contributed by atoms with E-state index in [1.807, 2.05) is 11.3 Å². The van der Waals surface area contributed by atoms with Crippen molar-refractivity contribution < 1.29 is 0 Å². The molecule has 1 N–H and O–H groups in total. The highest BCUT2D eigenvalue weighted by Crippen LogP contribution is 2.43. The number of rotatable bonds is 7. The number of hydrogen-bond acceptors (Lipinski definition) is 2. The van der Waals surface area contributed by atoms with Gasteiger partial charge in [-0.2, -0.15) is 0 Å². The molecule has 108 valence electrons. The van der Waals surface area contributed by atoms with Crippen LogP contribution in [-0.4, -0.2) is 13.6 Å². The molecular weight excluding hydrogens is 250 g/mol. The Kier molecular flexibility index (Phi) is 5.90. The first-order valence-electron chi connectivity index (χ1n) is 8.00. The van der Waals surface area contributed by atoms with E-state index in [1.165, 1.54) is 64.3 Å². The van der Waals surface area contributed by atoms with Gasteiger partial charge in [0.1, 0.15) is 0 Å². The van der Waals surface area contributed by atoms with Gasteiger partial charge >= 0.3 is 0 Å². The van der Waals surface area contributed by atoms with Crippen LogP contribution in [0, 0.1) is 5.41 Å². The summed E-state index contributed by atoms with van der Waals surface area (Å²) in [5, 5.41) is 3.35. The van der Waals surface area contributed by atoms with Crippen molar-refractivity contribution in [2.24, 2.45) is 5.41 Å². The first-order chi connectivity index (χ1) is 9.28. The molecule has 0 spiro atoms. The summed E-state index contributed by atoms with van der Waals surface area (Å²) in [5.41, 5.74) is 0.637. The zero-order valence-corrected chi connectivity index (χ0v) is 13.5. The molecule has 19 heavy (non-hydrogen) atoms. The highest BCUT2D eigenvalue weighted by molar-refractivity contribution is 7.11. The van der Waals surface area contributed by atoms with Gasteiger partial charge in [-0.15, -0.1) is 11.3 Å². The number of thiophene rings is 1. The normalized spacial score (nSPS) is 18.6. The van der Waals surface area contributed by atoms with Crippen LogP contribution in [0.4, 0.5) is 0 Å². The third-order valence-electron chi connectivity index (χ3n) is 4.79. The Morgan fingerprint density at radius 3 is 2.47 bits per heavy atom. The second-order valence-corrected chi connectivity index (χ2v) is 7.39. The van der Waals surface area contributed by atoms with Crippen molar-refractivity contribution in [1.82, 2.24) is 5.32 Å². The van der Waals surface area contributed by atoms with Crippen LogP contribution < -0.4 is 5.32 Å². The minimum Gasteiger partial charge on any atom is -0.320 e. The van der Waals surface area contributed by atoms with Crippen molar-refractivity contribution in [3.8, 4) is 0 Å². The molecule has 1 aromatic rings. The molecule has 1 fully saturated rings. The fraction of sp³-hybridized carbons (Fsp3) is 0.765. The summed E-state index contributed by atoms with van der Waals surface area (Å²) in [6.07, 6.45) is 12.5. The Morgan fingerprint density at radius 1 is 1.11 bits per heavy atom. The van der Waals surface area contributed by atoms with Gasteiger partial charge in [0.2, 0.25) is 0 Å². The summed E-state index contributed by atoms with van der Waals surface area (Å²) in [6.45, 7) is 3.44. The van der Waals surface area contributed by atoms with Gasteiger partial charge in [-0.3, -0.25) is 0 Å². The van der Waals surface area contributed by atoms with E-state index in [0.29, 0.717) is 5.41 Å². The SMILES string of the molecule is CCc1ccc(CCC2(CCNC)CCCCC2)s1. The van der Waals surface area contributed by atoms with Gasteiger partial charge in [-0.05, 0) is 69.7 Å². The van der Waals surface area contributed by atoms with E-state index in [2.05, 4.69) is 31.4 Å². The van der Waals surface area contributed by atoms with Crippen molar-refractivity contribution in [1.29, 1.82) is 0 Å². The minimum absolute atomic E-state index is 0.637. The van der Waals surface area contributed by atoms with E-state index in [0.717, 1.165) is 0 Å². The molecule has 0 atom stereocenters. The molecule has 1 heterocycles. The molecule has 0 saturated heterocycles. The summed E-state index contributed by atoms with van der Waals surface area (Å²) >= 11 is 2.03. The molecule has 0 aromatic carbocycles. The topological polar surface area (TPSA) is 12.0 Å². The fourth-order valence-corrected chi connectivity index (χ4v) is 4.41. The van der Waals surface area contributed by atoms with Crippen molar-refractivity contribution in [2.45, 2.75) is 64.7 Å². The molecule has 0 bridgehead atoms. The average Bonchev–Trinajstić information content (AvgIpc) is 2.92. The maximum atomic E-state index is 3.35. The maximum Gasteiger partial charge on any atom is 0.00483 e. The number of aryl methyl sites for hydroxylation is 2. The first kappa shape index (κ1) is 15.1. The zero-order chi connectivity index (χ0) is 13.6. The second-order valence-electron chi connectivity index (χ2n) is 6.14. The van der Waals surface area contributed by atoms with Crippen LogP contribution in [0.3, 0.4) is 0 Å². The zero-order valence-electron chi connectivity index (χ0n) is 12.6. The van der Waals surface area contributed by atoms with E-state index in [4.69, 9.17) is 0 Å². The van der Waals surface area contributed by atoms with Gasteiger partial charge in [-0.1, -0.05) is 26.2 Å². The summed E-state index contributed by atoms with van der Waals surface area (Å²) in [6, 6.07) is 4.68. The Labute approximate surface area is 122 Å². The van der Waals surface area contributed by atoms with Crippen LogP contribution in [0.2, 0.25) is 0 Å². The van der Waals surface area contributed by atoms with Gasteiger partial charge in [0.15, 0.2) is 0 Å². The lowest BCUT2D eigenvalue weighted by Gasteiger charge is -2.37. The van der Waals surface area contributed by atoms with Crippen LogP contribution in [0.5, 0.6) is 0 Å². The van der Waals surface area contributed by atoms with E-state index in [-0.39, 0.29) is 0 Å². The van der Waals surface area contributed by atoms with Gasteiger partial charge in [0, 0.05) is 9.75 Å². The molecular formula is C17H29NS. The fourth-order valence-electron chi connectivity index (χ4n) is 3.45. The molecule has 1 aliphatic carbocycles. The molecule has 1 aliphatic rings. The van der Waals surface area contributed by atoms with Gasteiger partial charge in [0.05, 0.1) is 0 Å². The summed E-state index contributed by atoms with van der Waals surface area (Å²) < 4.78 is 0. The molecule has 0 aliphatic heterocycles. The minimum atomic E-state index is 0.637. The molecule has 1 aromatic heterocycles. The Morgan fingerprint density at radius 2 is 1.84 bits per heavy atom. The smallest absolute Gasteiger partial charge is 0.00483 e. The van der Waals surface area contributed by atoms with Crippen LogP contribution in [0.15, 0.2) is 12.1 Å². The molecule has 1 saturated carbocycles. The standard InChI is InChI=1S/C17H29NS/c1-3-15-7-8-16(19-15)9-12-17(13-14-18-2)10-5-4-6-11-17/h7-8,18H,3-6,9-14H2,1-2H3. The molecule has 0 unspecified atom stereocenters. The Hall–Kier alpha value is -0.340. The first-order valence-corrected chi connectivity index (χ1v) is 8.82. The third-order valence-corrected chi connectivity index (χ3v) is 6.08. The third kappa shape index (κ3) is 4.32. The predicted molar refractivity (Wildman–Crippen MR) is 86.1 cm³/mol. The Balaban J connectivity index is 1.91.